The minimum Gasteiger partial charge on any atom is -0.491 e. The van der Waals surface area contributed by atoms with Gasteiger partial charge in [0.25, 0.3) is 0 Å². The number of nitrogens with two attached hydrogens (primary N) is 1. The molecule has 0 unspecified atom stereocenters. The van der Waals surface area contributed by atoms with Gasteiger partial charge < -0.3 is 20.7 Å². The molecule has 154 valence electrons. The smallest absolute Gasteiger partial charge is 0.223 e. The van der Waals surface area contributed by atoms with Gasteiger partial charge in [0.05, 0.1) is 6.54 Å². The van der Waals surface area contributed by atoms with Gasteiger partial charge in [-0.1, -0.05) is 19.1 Å². The second kappa shape index (κ2) is 9.91. The lowest BCUT2D eigenvalue weighted by molar-refractivity contribution is -0.125. The Kier molecular flexibility index (Phi) is 7.05. The maximum atomic E-state index is 12.5. The molecule has 1 aliphatic rings. The van der Waals surface area contributed by atoms with Crippen molar-refractivity contribution in [1.82, 2.24) is 10.3 Å². The van der Waals surface area contributed by atoms with Gasteiger partial charge in [0, 0.05) is 42.7 Å². The fourth-order valence-electron chi connectivity index (χ4n) is 3.58. The van der Waals surface area contributed by atoms with E-state index in [4.69, 9.17) is 15.9 Å². The first-order chi connectivity index (χ1) is 14.1. The Balaban J connectivity index is 1.43. The highest BCUT2D eigenvalue weighted by atomic mass is 16.5. The molecule has 1 aromatic heterocycles. The second-order valence-electron chi connectivity index (χ2n) is 7.20. The monoisotopic (exact) mass is 395 g/mol. The van der Waals surface area contributed by atoms with Crippen molar-refractivity contribution >= 4 is 17.4 Å². The summed E-state index contributed by atoms with van der Waals surface area (Å²) in [6.07, 6.45) is 6.11. The Labute approximate surface area is 171 Å². The molecule has 1 amide bonds. The van der Waals surface area contributed by atoms with Gasteiger partial charge in [-0.05, 0) is 43.0 Å². The maximum Gasteiger partial charge on any atom is 0.223 e. The second-order valence-corrected chi connectivity index (χ2v) is 7.20. The minimum atomic E-state index is 0.0175. The van der Waals surface area contributed by atoms with Gasteiger partial charge in [-0.3, -0.25) is 15.2 Å². The number of nitrogen functional groups attached to an aromatic ring is 1. The fourth-order valence-corrected chi connectivity index (χ4v) is 3.58. The van der Waals surface area contributed by atoms with Crippen molar-refractivity contribution in [3.63, 3.8) is 0 Å². The molecule has 0 bridgehead atoms. The predicted molar refractivity (Wildman–Crippen MR) is 115 cm³/mol. The number of carbonyl (C=O) groups excluding carboxylic acids is 1. The number of ether oxygens (including phenoxy) is 1. The van der Waals surface area contributed by atoms with Crippen molar-refractivity contribution in [2.24, 2.45) is 11.7 Å². The summed E-state index contributed by atoms with van der Waals surface area (Å²) in [4.78, 5) is 18.8. The number of aryl methyl sites for hydroxylation is 1. The van der Waals surface area contributed by atoms with Gasteiger partial charge in [-0.2, -0.15) is 0 Å². The molecule has 2 heterocycles. The number of hydrogen-bond acceptors (Lipinski definition) is 5. The van der Waals surface area contributed by atoms with E-state index < -0.39 is 0 Å². The number of amides is 1. The Morgan fingerprint density at radius 1 is 1.28 bits per heavy atom. The Morgan fingerprint density at radius 3 is 2.66 bits per heavy atom. The average Bonchev–Trinajstić information content (AvgIpc) is 2.77. The highest BCUT2D eigenvalue weighted by molar-refractivity contribution is 5.95. The number of rotatable bonds is 8. The van der Waals surface area contributed by atoms with E-state index in [1.54, 1.807) is 18.5 Å². The molecule has 0 saturated carbocycles. The number of nitrogens with one attached hydrogen (secondary N) is 2. The Morgan fingerprint density at radius 2 is 2.00 bits per heavy atom. The van der Waals surface area contributed by atoms with Crippen LogP contribution in [0.4, 0.5) is 5.69 Å². The Hall–Kier alpha value is -3.09. The standard InChI is InChI=1S/C22H29N5O2/c1-2-16-3-4-18(21(23)24)15-20(16)29-14-11-26-22(28)17-7-12-27(13-8-17)19-5-9-25-10-6-19/h3-6,9-10,15,17H,2,7-8,11-14H2,1H3,(H3,23,24)(H,26,28). The lowest BCUT2D eigenvalue weighted by Gasteiger charge is -2.32. The highest BCUT2D eigenvalue weighted by Gasteiger charge is 2.24. The number of aromatic nitrogens is 1. The summed E-state index contributed by atoms with van der Waals surface area (Å²) >= 11 is 0. The maximum absolute atomic E-state index is 12.5. The van der Waals surface area contributed by atoms with Gasteiger partial charge in [0.1, 0.15) is 18.2 Å². The Bertz CT molecular complexity index is 832. The molecular weight excluding hydrogens is 366 g/mol. The van der Waals surface area contributed by atoms with Crippen LogP contribution in [0.5, 0.6) is 5.75 Å². The van der Waals surface area contributed by atoms with E-state index in [2.05, 4.69) is 22.1 Å². The van der Waals surface area contributed by atoms with Crippen molar-refractivity contribution in [2.75, 3.05) is 31.1 Å². The molecule has 4 N–H and O–H groups in total. The third-order valence-electron chi connectivity index (χ3n) is 5.31. The fraction of sp³-hybridized carbons (Fsp3) is 0.409. The number of amidine groups is 1. The molecule has 0 atom stereocenters. The lowest BCUT2D eigenvalue weighted by Crippen LogP contribution is -2.41. The number of piperidine rings is 1. The molecule has 1 saturated heterocycles. The predicted octanol–water partition coefficient (Wildman–Crippen LogP) is 2.34. The molecule has 1 aromatic carbocycles. The first-order valence-corrected chi connectivity index (χ1v) is 10.1. The number of hydrogen-bond donors (Lipinski definition) is 3. The quantitative estimate of drug-likeness (QED) is 0.362. The van der Waals surface area contributed by atoms with Crippen molar-refractivity contribution in [3.05, 3.63) is 53.9 Å². The van der Waals surface area contributed by atoms with Crippen LogP contribution in [0.1, 0.15) is 30.9 Å². The molecule has 7 heteroatoms. The van der Waals surface area contributed by atoms with E-state index in [0.717, 1.165) is 49.4 Å². The normalized spacial score (nSPS) is 14.4. The van der Waals surface area contributed by atoms with Crippen LogP contribution >= 0.6 is 0 Å². The first-order valence-electron chi connectivity index (χ1n) is 10.1. The zero-order valence-corrected chi connectivity index (χ0v) is 16.9. The third kappa shape index (κ3) is 5.47. The van der Waals surface area contributed by atoms with Gasteiger partial charge in [-0.25, -0.2) is 0 Å². The van der Waals surface area contributed by atoms with E-state index in [1.165, 1.54) is 0 Å². The zero-order valence-electron chi connectivity index (χ0n) is 16.9. The van der Waals surface area contributed by atoms with E-state index >= 15 is 0 Å². The van der Waals surface area contributed by atoms with Crippen LogP contribution < -0.4 is 20.7 Å². The lowest BCUT2D eigenvalue weighted by atomic mass is 9.95. The molecule has 1 aliphatic heterocycles. The average molecular weight is 396 g/mol. The molecule has 0 radical (unpaired) electrons. The summed E-state index contributed by atoms with van der Waals surface area (Å²) in [5.41, 5.74) is 8.42. The molecular formula is C22H29N5O2. The molecule has 2 aromatic rings. The molecule has 0 spiro atoms. The van der Waals surface area contributed by atoms with Gasteiger partial charge >= 0.3 is 0 Å². The topological polar surface area (TPSA) is 104 Å². The van der Waals surface area contributed by atoms with Crippen molar-refractivity contribution in [1.29, 1.82) is 5.41 Å². The van der Waals surface area contributed by atoms with Gasteiger partial charge in [0.2, 0.25) is 5.91 Å². The van der Waals surface area contributed by atoms with Crippen molar-refractivity contribution in [3.8, 4) is 5.75 Å². The van der Waals surface area contributed by atoms with Crippen LogP contribution in [0.15, 0.2) is 42.7 Å². The molecule has 7 nitrogen and oxygen atoms in total. The minimum absolute atomic E-state index is 0.0175. The summed E-state index contributed by atoms with van der Waals surface area (Å²) < 4.78 is 5.85. The number of carbonyl (C=O) groups is 1. The van der Waals surface area contributed by atoms with Crippen LogP contribution in [0.2, 0.25) is 0 Å². The first kappa shape index (κ1) is 20.6. The van der Waals surface area contributed by atoms with Crippen LogP contribution in [0, 0.1) is 11.3 Å². The summed E-state index contributed by atoms with van der Waals surface area (Å²) in [6.45, 7) is 4.63. The number of benzene rings is 1. The summed E-state index contributed by atoms with van der Waals surface area (Å²) in [6, 6.07) is 9.56. The van der Waals surface area contributed by atoms with E-state index in [9.17, 15) is 4.79 Å². The number of nitrogens with zero attached hydrogens (tertiary/aromatic N) is 2. The van der Waals surface area contributed by atoms with Crippen LogP contribution in [-0.4, -0.2) is 43.0 Å². The van der Waals surface area contributed by atoms with E-state index in [-0.39, 0.29) is 17.7 Å². The van der Waals surface area contributed by atoms with Crippen molar-refractivity contribution < 1.29 is 9.53 Å². The van der Waals surface area contributed by atoms with Gasteiger partial charge in [-0.15, -0.1) is 0 Å². The summed E-state index contributed by atoms with van der Waals surface area (Å²) in [5, 5.41) is 10.6. The number of pyridine rings is 1. The molecule has 29 heavy (non-hydrogen) atoms. The third-order valence-corrected chi connectivity index (χ3v) is 5.31. The SMILES string of the molecule is CCc1ccc(C(=N)N)cc1OCCNC(=O)C1CCN(c2ccncc2)CC1. The highest BCUT2D eigenvalue weighted by Crippen LogP contribution is 2.23. The largest absolute Gasteiger partial charge is 0.491 e. The summed E-state index contributed by atoms with van der Waals surface area (Å²) in [5.74, 6) is 0.875. The van der Waals surface area contributed by atoms with Crippen LogP contribution in [-0.2, 0) is 11.2 Å². The van der Waals surface area contributed by atoms with Crippen molar-refractivity contribution in [2.45, 2.75) is 26.2 Å². The van der Waals surface area contributed by atoms with E-state index in [1.807, 2.05) is 24.3 Å². The number of anilines is 1. The van der Waals surface area contributed by atoms with Crippen LogP contribution in [0.25, 0.3) is 0 Å². The summed E-state index contributed by atoms with van der Waals surface area (Å²) in [7, 11) is 0. The molecule has 1 fully saturated rings. The molecule has 3 rings (SSSR count). The van der Waals surface area contributed by atoms with Crippen LogP contribution in [0.3, 0.4) is 0 Å². The van der Waals surface area contributed by atoms with E-state index in [0.29, 0.717) is 18.7 Å². The van der Waals surface area contributed by atoms with Gasteiger partial charge in [0.15, 0.2) is 0 Å². The zero-order chi connectivity index (χ0) is 20.6. The molecule has 0 aliphatic carbocycles.